The van der Waals surface area contributed by atoms with Crippen LogP contribution in [0.1, 0.15) is 12.5 Å². The molecule has 0 saturated carbocycles. The Labute approximate surface area is 92.3 Å². The molecule has 1 unspecified atom stereocenters. The molecular weight excluding hydrogens is 194 g/mol. The van der Waals surface area contributed by atoms with Crippen molar-refractivity contribution in [1.29, 1.82) is 0 Å². The molecule has 14 heavy (non-hydrogen) atoms. The molecule has 1 rings (SSSR count). The van der Waals surface area contributed by atoms with Gasteiger partial charge in [0.2, 0.25) is 0 Å². The molecule has 0 aliphatic carbocycles. The Kier molecular flexibility index (Phi) is 6.92. The van der Waals surface area contributed by atoms with Crippen molar-refractivity contribution < 1.29 is 12.4 Å². The average Bonchev–Trinajstić information content (AvgIpc) is 2.16. The molecule has 0 fully saturated rings. The summed E-state index contributed by atoms with van der Waals surface area (Å²) in [5.41, 5.74) is 1.35. The zero-order valence-corrected chi connectivity index (χ0v) is 9.09. The second kappa shape index (κ2) is 7.44. The minimum absolute atomic E-state index is 0. The van der Waals surface area contributed by atoms with E-state index in [1.165, 1.54) is 5.56 Å². The molecule has 0 heterocycles. The average molecular weight is 209 g/mol. The number of hydrogen-bond donors (Lipinski definition) is 1. The van der Waals surface area contributed by atoms with Crippen molar-refractivity contribution >= 4 is 0 Å². The number of rotatable bonds is 4. The van der Waals surface area contributed by atoms with Crippen LogP contribution in [0, 0.1) is 12.3 Å². The maximum absolute atomic E-state index is 5.16. The third kappa shape index (κ3) is 4.91. The van der Waals surface area contributed by atoms with Crippen molar-refractivity contribution in [3.8, 4) is 12.3 Å². The molecule has 1 aromatic carbocycles. The third-order valence-electron chi connectivity index (χ3n) is 1.94. The van der Waals surface area contributed by atoms with E-state index in [2.05, 4.69) is 42.4 Å². The third-order valence-corrected chi connectivity index (χ3v) is 1.94. The Morgan fingerprint density at radius 1 is 1.36 bits per heavy atom. The summed E-state index contributed by atoms with van der Waals surface area (Å²) in [5.74, 6) is 2.57. The fourth-order valence-corrected chi connectivity index (χ4v) is 1.27. The highest BCUT2D eigenvalue weighted by Gasteiger charge is 2.00. The highest BCUT2D eigenvalue weighted by atomic mass is 35.5. The molecule has 0 bridgehead atoms. The topological polar surface area (TPSA) is 12.0 Å². The summed E-state index contributed by atoms with van der Waals surface area (Å²) in [6.07, 6.45) is 6.19. The van der Waals surface area contributed by atoms with Gasteiger partial charge in [-0.1, -0.05) is 36.3 Å². The van der Waals surface area contributed by atoms with Gasteiger partial charge in [0.1, 0.15) is 0 Å². The van der Waals surface area contributed by atoms with Crippen LogP contribution < -0.4 is 17.7 Å². The van der Waals surface area contributed by atoms with Gasteiger partial charge >= 0.3 is 0 Å². The highest BCUT2D eigenvalue weighted by Crippen LogP contribution is 2.01. The molecule has 76 valence electrons. The van der Waals surface area contributed by atoms with E-state index in [1.807, 2.05) is 6.07 Å². The number of terminal acetylenes is 1. The summed E-state index contributed by atoms with van der Waals surface area (Å²) < 4.78 is 0. The van der Waals surface area contributed by atoms with Crippen molar-refractivity contribution in [2.75, 3.05) is 6.54 Å². The molecule has 1 N–H and O–H groups in total. The molecule has 1 atom stereocenters. The normalized spacial score (nSPS) is 11.1. The Hall–Kier alpha value is -0.970. The van der Waals surface area contributed by atoms with Crippen LogP contribution in [0.3, 0.4) is 0 Å². The van der Waals surface area contributed by atoms with Crippen LogP contribution in [0.2, 0.25) is 0 Å². The molecule has 0 aromatic heterocycles. The Morgan fingerprint density at radius 3 is 2.57 bits per heavy atom. The van der Waals surface area contributed by atoms with E-state index in [4.69, 9.17) is 6.42 Å². The number of nitrogens with one attached hydrogen (secondary N) is 1. The summed E-state index contributed by atoms with van der Waals surface area (Å²) >= 11 is 0. The zero-order valence-electron chi connectivity index (χ0n) is 8.33. The van der Waals surface area contributed by atoms with Gasteiger partial charge in [-0.15, -0.1) is 6.42 Å². The van der Waals surface area contributed by atoms with Crippen LogP contribution in [0.15, 0.2) is 30.3 Å². The maximum atomic E-state index is 5.16. The molecule has 0 amide bonds. The summed E-state index contributed by atoms with van der Waals surface area (Å²) in [7, 11) is 0. The largest absolute Gasteiger partial charge is 1.00 e. The van der Waals surface area contributed by atoms with E-state index in [1.54, 1.807) is 0 Å². The first-order valence-electron chi connectivity index (χ1n) is 4.53. The van der Waals surface area contributed by atoms with Gasteiger partial charge in [-0.05, 0) is 18.9 Å². The van der Waals surface area contributed by atoms with Gasteiger partial charge in [0.15, 0.2) is 0 Å². The quantitative estimate of drug-likeness (QED) is 0.616. The predicted molar refractivity (Wildman–Crippen MR) is 56.4 cm³/mol. The molecule has 1 nitrogen and oxygen atoms in total. The standard InChI is InChI=1S/C12H15N.ClH/c1-3-9-13-11(2)10-12-7-5-4-6-8-12;/h1,4-8,11,13H,9-10H2,2H3;1H/p-1. The first-order valence-corrected chi connectivity index (χ1v) is 4.53. The van der Waals surface area contributed by atoms with E-state index >= 15 is 0 Å². The smallest absolute Gasteiger partial charge is 0.0575 e. The highest BCUT2D eigenvalue weighted by molar-refractivity contribution is 5.15. The van der Waals surface area contributed by atoms with Crippen molar-refractivity contribution in [1.82, 2.24) is 5.32 Å². The van der Waals surface area contributed by atoms with Crippen molar-refractivity contribution in [3.05, 3.63) is 35.9 Å². The van der Waals surface area contributed by atoms with Crippen molar-refractivity contribution in [2.24, 2.45) is 0 Å². The Bertz CT molecular complexity index is 276. The van der Waals surface area contributed by atoms with Gasteiger partial charge in [-0.3, -0.25) is 0 Å². The van der Waals surface area contributed by atoms with Crippen LogP contribution >= 0.6 is 0 Å². The molecule has 0 radical (unpaired) electrons. The van der Waals surface area contributed by atoms with E-state index in [9.17, 15) is 0 Å². The lowest BCUT2D eigenvalue weighted by molar-refractivity contribution is -0.00000287. The lowest BCUT2D eigenvalue weighted by atomic mass is 10.1. The van der Waals surface area contributed by atoms with E-state index in [0.717, 1.165) is 6.42 Å². The van der Waals surface area contributed by atoms with Crippen molar-refractivity contribution in [3.63, 3.8) is 0 Å². The van der Waals surface area contributed by atoms with Gasteiger partial charge in [0.25, 0.3) is 0 Å². The summed E-state index contributed by atoms with van der Waals surface area (Å²) in [6, 6.07) is 10.9. The minimum Gasteiger partial charge on any atom is -1.00 e. The zero-order chi connectivity index (χ0) is 9.52. The molecule has 0 aliphatic heterocycles. The van der Waals surface area contributed by atoms with Crippen LogP contribution in [0.4, 0.5) is 0 Å². The summed E-state index contributed by atoms with van der Waals surface area (Å²) in [4.78, 5) is 0. The number of hydrogen-bond acceptors (Lipinski definition) is 1. The Morgan fingerprint density at radius 2 is 2.00 bits per heavy atom. The second-order valence-electron chi connectivity index (χ2n) is 3.18. The van der Waals surface area contributed by atoms with Crippen LogP contribution in [-0.2, 0) is 6.42 Å². The summed E-state index contributed by atoms with van der Waals surface area (Å²) in [6.45, 7) is 2.79. The maximum Gasteiger partial charge on any atom is 0.0575 e. The van der Waals surface area contributed by atoms with Gasteiger partial charge < -0.3 is 17.7 Å². The van der Waals surface area contributed by atoms with E-state index in [-0.39, 0.29) is 12.4 Å². The first kappa shape index (κ1) is 13.0. The van der Waals surface area contributed by atoms with Crippen molar-refractivity contribution in [2.45, 2.75) is 19.4 Å². The lowest BCUT2D eigenvalue weighted by Gasteiger charge is -2.11. The second-order valence-corrected chi connectivity index (χ2v) is 3.18. The van der Waals surface area contributed by atoms with Crippen LogP contribution in [0.5, 0.6) is 0 Å². The van der Waals surface area contributed by atoms with Gasteiger partial charge in [-0.2, -0.15) is 0 Å². The van der Waals surface area contributed by atoms with Gasteiger partial charge in [0, 0.05) is 6.04 Å². The van der Waals surface area contributed by atoms with Crippen LogP contribution in [0.25, 0.3) is 0 Å². The molecular formula is C12H15ClN-. The van der Waals surface area contributed by atoms with E-state index in [0.29, 0.717) is 12.6 Å². The predicted octanol–water partition coefficient (Wildman–Crippen LogP) is -1.16. The first-order chi connectivity index (χ1) is 6.33. The summed E-state index contributed by atoms with van der Waals surface area (Å²) in [5, 5.41) is 3.24. The van der Waals surface area contributed by atoms with Gasteiger partial charge in [0.05, 0.1) is 6.54 Å². The molecule has 0 aliphatic rings. The minimum atomic E-state index is 0. The fraction of sp³-hybridized carbons (Fsp3) is 0.333. The van der Waals surface area contributed by atoms with Crippen LogP contribution in [-0.4, -0.2) is 12.6 Å². The Balaban J connectivity index is 0.00000169. The molecule has 0 spiro atoms. The van der Waals surface area contributed by atoms with E-state index < -0.39 is 0 Å². The SMILES string of the molecule is C#CCNC(C)Cc1ccccc1.[Cl-]. The molecule has 1 aromatic rings. The van der Waals surface area contributed by atoms with Gasteiger partial charge in [-0.25, -0.2) is 0 Å². The monoisotopic (exact) mass is 208 g/mol. The number of halogens is 1. The fourth-order valence-electron chi connectivity index (χ4n) is 1.27. The molecule has 0 saturated heterocycles. The lowest BCUT2D eigenvalue weighted by Crippen LogP contribution is -3.00. The number of benzene rings is 1. The molecule has 2 heteroatoms.